The van der Waals surface area contributed by atoms with Crippen LogP contribution >= 0.6 is 0 Å². The number of rotatable bonds is 3. The van der Waals surface area contributed by atoms with Gasteiger partial charge in [-0.2, -0.15) is 0 Å². The number of nitrogens with one attached hydrogen (secondary N) is 1. The van der Waals surface area contributed by atoms with E-state index in [0.717, 1.165) is 10.8 Å². The number of hydrogen-bond donors (Lipinski definition) is 2. The molecular weight excluding hydrogens is 255 g/mol. The molecule has 0 bridgehead atoms. The van der Waals surface area contributed by atoms with E-state index in [9.17, 15) is 4.39 Å². The van der Waals surface area contributed by atoms with Crippen LogP contribution < -0.4 is 11.3 Å². The van der Waals surface area contributed by atoms with Crippen molar-refractivity contribution in [2.45, 2.75) is 6.04 Å². The predicted octanol–water partition coefficient (Wildman–Crippen LogP) is 2.32. The molecule has 100 valence electrons. The van der Waals surface area contributed by atoms with Gasteiger partial charge in [0.1, 0.15) is 5.82 Å². The molecule has 0 saturated heterocycles. The number of nitrogens with zero attached hydrogens (tertiary/aromatic N) is 2. The van der Waals surface area contributed by atoms with Crippen LogP contribution in [-0.4, -0.2) is 9.97 Å². The molecule has 2 heterocycles. The molecule has 1 unspecified atom stereocenters. The minimum Gasteiger partial charge on any atom is -0.271 e. The zero-order valence-electron chi connectivity index (χ0n) is 10.6. The molecule has 0 amide bonds. The summed E-state index contributed by atoms with van der Waals surface area (Å²) >= 11 is 0. The zero-order chi connectivity index (χ0) is 13.9. The summed E-state index contributed by atoms with van der Waals surface area (Å²) in [6.45, 7) is 0. The quantitative estimate of drug-likeness (QED) is 0.565. The Balaban J connectivity index is 2.20. The Kier molecular flexibility index (Phi) is 3.37. The highest BCUT2D eigenvalue weighted by Gasteiger charge is 2.19. The Morgan fingerprint density at radius 2 is 1.95 bits per heavy atom. The van der Waals surface area contributed by atoms with Crippen molar-refractivity contribution in [3.63, 3.8) is 0 Å². The number of fused-ring (bicyclic) bond motifs is 1. The number of benzene rings is 1. The van der Waals surface area contributed by atoms with E-state index in [1.54, 1.807) is 12.3 Å². The van der Waals surface area contributed by atoms with Crippen molar-refractivity contribution in [2.75, 3.05) is 0 Å². The van der Waals surface area contributed by atoms with E-state index >= 15 is 0 Å². The summed E-state index contributed by atoms with van der Waals surface area (Å²) < 4.78 is 13.9. The fourth-order valence-corrected chi connectivity index (χ4v) is 2.31. The minimum absolute atomic E-state index is 0.412. The van der Waals surface area contributed by atoms with Crippen LogP contribution in [0.4, 0.5) is 4.39 Å². The highest BCUT2D eigenvalue weighted by Crippen LogP contribution is 2.27. The highest BCUT2D eigenvalue weighted by molar-refractivity contribution is 5.85. The van der Waals surface area contributed by atoms with Crippen LogP contribution in [0.15, 0.2) is 55.0 Å². The van der Waals surface area contributed by atoms with Gasteiger partial charge in [-0.1, -0.05) is 24.3 Å². The largest absolute Gasteiger partial charge is 0.271 e. The lowest BCUT2D eigenvalue weighted by atomic mass is 9.99. The maximum atomic E-state index is 13.9. The minimum atomic E-state index is -0.524. The van der Waals surface area contributed by atoms with Crippen LogP contribution in [-0.2, 0) is 0 Å². The van der Waals surface area contributed by atoms with Crippen LogP contribution in [0.25, 0.3) is 10.8 Å². The first-order chi connectivity index (χ1) is 9.81. The molecule has 0 radical (unpaired) electrons. The second-order valence-corrected chi connectivity index (χ2v) is 4.41. The van der Waals surface area contributed by atoms with Gasteiger partial charge in [-0.15, -0.1) is 0 Å². The second-order valence-electron chi connectivity index (χ2n) is 4.41. The van der Waals surface area contributed by atoms with Crippen LogP contribution in [0, 0.1) is 5.82 Å². The van der Waals surface area contributed by atoms with E-state index in [1.165, 1.54) is 12.4 Å². The third-order valence-electron chi connectivity index (χ3n) is 3.26. The van der Waals surface area contributed by atoms with E-state index in [2.05, 4.69) is 15.4 Å². The summed E-state index contributed by atoms with van der Waals surface area (Å²) in [4.78, 5) is 8.12. The van der Waals surface area contributed by atoms with Crippen molar-refractivity contribution >= 4 is 10.8 Å². The first-order valence-corrected chi connectivity index (χ1v) is 6.20. The molecule has 3 N–H and O–H groups in total. The molecule has 1 aromatic carbocycles. The Morgan fingerprint density at radius 3 is 2.75 bits per heavy atom. The average molecular weight is 268 g/mol. The standard InChI is InChI=1S/C15H13FN4/c16-13-9-18-7-6-12(13)15(20-17)14-11-4-2-1-3-10(11)5-8-19-14/h1-9,15,20H,17H2. The number of pyridine rings is 2. The lowest BCUT2D eigenvalue weighted by Crippen LogP contribution is -2.30. The average Bonchev–Trinajstić information content (AvgIpc) is 2.50. The molecule has 3 aromatic rings. The van der Waals surface area contributed by atoms with Gasteiger partial charge in [0.2, 0.25) is 0 Å². The molecule has 20 heavy (non-hydrogen) atoms. The molecular formula is C15H13FN4. The smallest absolute Gasteiger partial charge is 0.146 e. The monoisotopic (exact) mass is 268 g/mol. The Bertz CT molecular complexity index is 739. The summed E-state index contributed by atoms with van der Waals surface area (Å²) in [5.41, 5.74) is 3.75. The Morgan fingerprint density at radius 1 is 1.10 bits per heavy atom. The van der Waals surface area contributed by atoms with Crippen LogP contribution in [0.2, 0.25) is 0 Å². The summed E-state index contributed by atoms with van der Waals surface area (Å²) in [7, 11) is 0. The molecule has 0 spiro atoms. The molecule has 3 rings (SSSR count). The molecule has 2 aromatic heterocycles. The molecule has 0 aliphatic carbocycles. The Hall–Kier alpha value is -2.37. The van der Waals surface area contributed by atoms with Crippen LogP contribution in [0.1, 0.15) is 17.3 Å². The Labute approximate surface area is 115 Å². The highest BCUT2D eigenvalue weighted by atomic mass is 19.1. The van der Waals surface area contributed by atoms with E-state index in [0.29, 0.717) is 11.3 Å². The summed E-state index contributed by atoms with van der Waals surface area (Å²) in [5, 5.41) is 1.97. The number of hydrogen-bond acceptors (Lipinski definition) is 4. The maximum absolute atomic E-state index is 13.9. The third kappa shape index (κ3) is 2.13. The van der Waals surface area contributed by atoms with Gasteiger partial charge in [0.05, 0.1) is 17.9 Å². The first-order valence-electron chi connectivity index (χ1n) is 6.20. The zero-order valence-corrected chi connectivity index (χ0v) is 10.6. The second kappa shape index (κ2) is 5.32. The molecule has 5 heteroatoms. The van der Waals surface area contributed by atoms with Crippen molar-refractivity contribution in [1.82, 2.24) is 15.4 Å². The van der Waals surface area contributed by atoms with Gasteiger partial charge in [-0.25, -0.2) is 9.82 Å². The molecule has 0 aliphatic heterocycles. The molecule has 0 aliphatic rings. The lowest BCUT2D eigenvalue weighted by molar-refractivity contribution is 0.551. The van der Waals surface area contributed by atoms with Gasteiger partial charge in [0.15, 0.2) is 0 Å². The number of nitrogens with two attached hydrogens (primary N) is 1. The number of halogens is 1. The topological polar surface area (TPSA) is 63.8 Å². The van der Waals surface area contributed by atoms with Crippen LogP contribution in [0.5, 0.6) is 0 Å². The van der Waals surface area contributed by atoms with Gasteiger partial charge in [-0.05, 0) is 17.5 Å². The lowest BCUT2D eigenvalue weighted by Gasteiger charge is -2.18. The van der Waals surface area contributed by atoms with E-state index in [1.807, 2.05) is 30.3 Å². The van der Waals surface area contributed by atoms with Gasteiger partial charge >= 0.3 is 0 Å². The molecule has 0 fully saturated rings. The molecule has 4 nitrogen and oxygen atoms in total. The third-order valence-corrected chi connectivity index (χ3v) is 3.26. The first kappa shape index (κ1) is 12.7. The van der Waals surface area contributed by atoms with Gasteiger partial charge in [0.25, 0.3) is 0 Å². The molecule has 0 saturated carbocycles. The normalized spacial score (nSPS) is 12.5. The SMILES string of the molecule is NNC(c1ccncc1F)c1nccc2ccccc12. The van der Waals surface area contributed by atoms with Gasteiger partial charge in [0, 0.05) is 23.3 Å². The van der Waals surface area contributed by atoms with Crippen molar-refractivity contribution in [2.24, 2.45) is 5.84 Å². The van der Waals surface area contributed by atoms with E-state index in [4.69, 9.17) is 5.84 Å². The number of hydrazine groups is 1. The fraction of sp³-hybridized carbons (Fsp3) is 0.0667. The van der Waals surface area contributed by atoms with Crippen molar-refractivity contribution in [3.8, 4) is 0 Å². The summed E-state index contributed by atoms with van der Waals surface area (Å²) in [6, 6.07) is 10.8. The number of aromatic nitrogens is 2. The fourth-order valence-electron chi connectivity index (χ4n) is 2.31. The van der Waals surface area contributed by atoms with Crippen molar-refractivity contribution in [1.29, 1.82) is 0 Å². The van der Waals surface area contributed by atoms with Gasteiger partial charge < -0.3 is 0 Å². The maximum Gasteiger partial charge on any atom is 0.146 e. The van der Waals surface area contributed by atoms with Gasteiger partial charge in [-0.3, -0.25) is 15.8 Å². The molecule has 1 atom stereocenters. The predicted molar refractivity (Wildman–Crippen MR) is 75.1 cm³/mol. The summed E-state index contributed by atoms with van der Waals surface area (Å²) in [6.07, 6.45) is 4.40. The van der Waals surface area contributed by atoms with Crippen molar-refractivity contribution < 1.29 is 4.39 Å². The summed E-state index contributed by atoms with van der Waals surface area (Å²) in [5.74, 6) is 5.21. The van der Waals surface area contributed by atoms with E-state index in [-0.39, 0.29) is 0 Å². The van der Waals surface area contributed by atoms with Crippen LogP contribution in [0.3, 0.4) is 0 Å². The van der Waals surface area contributed by atoms with Crippen molar-refractivity contribution in [3.05, 3.63) is 72.1 Å². The van der Waals surface area contributed by atoms with E-state index < -0.39 is 11.9 Å².